The molecular weight excluding hydrogens is 536 g/mol. The molecule has 13 heteroatoms. The lowest BCUT2D eigenvalue weighted by Crippen LogP contribution is -2.29. The maximum Gasteiger partial charge on any atom is 0.284 e. The molecule has 41 heavy (non-hydrogen) atoms. The molecule has 5 aromatic rings. The van der Waals surface area contributed by atoms with E-state index in [4.69, 9.17) is 9.47 Å². The van der Waals surface area contributed by atoms with Crippen LogP contribution in [-0.2, 0) is 0 Å². The summed E-state index contributed by atoms with van der Waals surface area (Å²) in [6, 6.07) is 11.7. The van der Waals surface area contributed by atoms with Crippen LogP contribution in [0.15, 0.2) is 71.8 Å². The van der Waals surface area contributed by atoms with Gasteiger partial charge in [-0.3, -0.25) is 14.7 Å². The molecular formula is C28H25F2N7O4. The summed E-state index contributed by atoms with van der Waals surface area (Å²) in [5.41, 5.74) is -0.167. The zero-order valence-corrected chi connectivity index (χ0v) is 22.1. The van der Waals surface area contributed by atoms with Gasteiger partial charge in [0.05, 0.1) is 12.3 Å². The third-order valence-corrected chi connectivity index (χ3v) is 5.95. The number of hydrogen-bond donors (Lipinski definition) is 2. The van der Waals surface area contributed by atoms with Gasteiger partial charge < -0.3 is 19.7 Å². The Bertz CT molecular complexity index is 1750. The Labute approximate surface area is 232 Å². The van der Waals surface area contributed by atoms with Crippen molar-refractivity contribution < 1.29 is 23.0 Å². The molecule has 3 aromatic heterocycles. The van der Waals surface area contributed by atoms with E-state index < -0.39 is 23.1 Å². The van der Waals surface area contributed by atoms with Crippen molar-refractivity contribution in [1.29, 1.82) is 0 Å². The molecule has 11 nitrogen and oxygen atoms in total. The number of aromatic amines is 1. The normalized spacial score (nSPS) is 11.1. The summed E-state index contributed by atoms with van der Waals surface area (Å²) in [4.78, 5) is 32.0. The van der Waals surface area contributed by atoms with Gasteiger partial charge in [0.25, 0.3) is 11.5 Å². The van der Waals surface area contributed by atoms with Crippen LogP contribution in [0.1, 0.15) is 16.8 Å². The van der Waals surface area contributed by atoms with Crippen LogP contribution in [0.25, 0.3) is 16.7 Å². The van der Waals surface area contributed by atoms with Crippen LogP contribution in [0.5, 0.6) is 17.4 Å². The molecule has 0 saturated carbocycles. The number of anilines is 1. The van der Waals surface area contributed by atoms with Crippen LogP contribution >= 0.6 is 0 Å². The second-order valence-corrected chi connectivity index (χ2v) is 9.21. The van der Waals surface area contributed by atoms with Crippen molar-refractivity contribution in [3.8, 4) is 23.1 Å². The minimum Gasteiger partial charge on any atom is -0.476 e. The van der Waals surface area contributed by atoms with Gasteiger partial charge in [-0.1, -0.05) is 0 Å². The largest absolute Gasteiger partial charge is 0.476 e. The van der Waals surface area contributed by atoms with E-state index in [1.165, 1.54) is 54.9 Å². The van der Waals surface area contributed by atoms with E-state index in [1.807, 2.05) is 19.0 Å². The van der Waals surface area contributed by atoms with Gasteiger partial charge >= 0.3 is 0 Å². The van der Waals surface area contributed by atoms with Crippen LogP contribution in [0.3, 0.4) is 0 Å². The lowest BCUT2D eigenvalue weighted by molar-refractivity contribution is 0.102. The second-order valence-electron chi connectivity index (χ2n) is 9.21. The van der Waals surface area contributed by atoms with Crippen LogP contribution in [-0.4, -0.2) is 63.0 Å². The van der Waals surface area contributed by atoms with Crippen molar-refractivity contribution in [2.75, 3.05) is 32.6 Å². The highest BCUT2D eigenvalue weighted by Gasteiger charge is 2.18. The highest BCUT2D eigenvalue weighted by Crippen LogP contribution is 2.35. The molecule has 0 atom stereocenters. The van der Waals surface area contributed by atoms with Gasteiger partial charge in [0, 0.05) is 36.8 Å². The third kappa shape index (κ3) is 6.20. The molecule has 3 heterocycles. The first-order chi connectivity index (χ1) is 19.8. The minimum absolute atomic E-state index is 0.0949. The fourth-order valence-electron chi connectivity index (χ4n) is 3.96. The summed E-state index contributed by atoms with van der Waals surface area (Å²) in [5.74, 6) is -1.56. The topological polar surface area (TPSA) is 127 Å². The number of amides is 1. The van der Waals surface area contributed by atoms with Crippen LogP contribution in [0.4, 0.5) is 14.5 Å². The number of carbonyl (C=O) groups excluding carboxylic acids is 1. The molecule has 0 radical (unpaired) electrons. The maximum atomic E-state index is 15.1. The first-order valence-electron chi connectivity index (χ1n) is 12.5. The van der Waals surface area contributed by atoms with Crippen molar-refractivity contribution in [2.45, 2.75) is 6.42 Å². The number of aromatic nitrogens is 5. The Hall–Kier alpha value is -5.17. The van der Waals surface area contributed by atoms with Crippen molar-refractivity contribution in [1.82, 2.24) is 29.9 Å². The van der Waals surface area contributed by atoms with E-state index in [-0.39, 0.29) is 34.3 Å². The van der Waals surface area contributed by atoms with Gasteiger partial charge in [0.15, 0.2) is 17.2 Å². The van der Waals surface area contributed by atoms with Gasteiger partial charge in [0.1, 0.15) is 22.5 Å². The fraction of sp³-hybridized carbons (Fsp3) is 0.179. The summed E-state index contributed by atoms with van der Waals surface area (Å²) in [5, 5.41) is 13.9. The summed E-state index contributed by atoms with van der Waals surface area (Å²) >= 11 is 0. The van der Waals surface area contributed by atoms with Gasteiger partial charge in [-0.05, 0) is 63.0 Å². The standard InChI is InChI=1S/C28H25F2N7O4/c1-36(2)14-3-15-40-27-24-23(11-12-31-25(24)34-35-27)41-22-9-6-18(16-21(22)30)33-26(38)20-10-13-32-37(28(20)39)19-7-4-17(29)5-8-19/h4-13,16H,3,14-15H2,1-2H3,(H,33,38)(H,31,34,35). The highest BCUT2D eigenvalue weighted by molar-refractivity contribution is 6.04. The molecule has 0 aliphatic rings. The van der Waals surface area contributed by atoms with Crippen molar-refractivity contribution in [3.05, 3.63) is 94.5 Å². The van der Waals surface area contributed by atoms with Crippen LogP contribution < -0.4 is 20.3 Å². The molecule has 0 unspecified atom stereocenters. The molecule has 0 aliphatic heterocycles. The quantitative estimate of drug-likeness (QED) is 0.244. The number of H-pyrrole nitrogens is 1. The number of carbonyl (C=O) groups is 1. The van der Waals surface area contributed by atoms with E-state index in [0.717, 1.165) is 23.7 Å². The molecule has 5 rings (SSSR count). The number of rotatable bonds is 10. The monoisotopic (exact) mass is 561 g/mol. The molecule has 0 bridgehead atoms. The van der Waals surface area contributed by atoms with Crippen molar-refractivity contribution in [3.63, 3.8) is 0 Å². The number of halogens is 2. The highest BCUT2D eigenvalue weighted by atomic mass is 19.1. The van der Waals surface area contributed by atoms with E-state index >= 15 is 4.39 Å². The molecule has 0 spiro atoms. The lowest BCUT2D eigenvalue weighted by Gasteiger charge is -2.12. The van der Waals surface area contributed by atoms with Crippen molar-refractivity contribution in [2.24, 2.45) is 0 Å². The summed E-state index contributed by atoms with van der Waals surface area (Å²) < 4.78 is 40.9. The molecule has 0 aliphatic carbocycles. The fourth-order valence-corrected chi connectivity index (χ4v) is 3.96. The lowest BCUT2D eigenvalue weighted by atomic mass is 10.2. The predicted octanol–water partition coefficient (Wildman–Crippen LogP) is 4.16. The molecule has 0 saturated heterocycles. The molecule has 0 fully saturated rings. The van der Waals surface area contributed by atoms with Gasteiger partial charge in [-0.2, -0.15) is 9.78 Å². The Morgan fingerprint density at radius 3 is 2.61 bits per heavy atom. The van der Waals surface area contributed by atoms with Gasteiger partial charge in [-0.15, -0.1) is 5.10 Å². The van der Waals surface area contributed by atoms with E-state index in [1.54, 1.807) is 6.07 Å². The van der Waals surface area contributed by atoms with E-state index in [2.05, 4.69) is 25.6 Å². The van der Waals surface area contributed by atoms with Gasteiger partial charge in [0.2, 0.25) is 5.88 Å². The van der Waals surface area contributed by atoms with Gasteiger partial charge in [-0.25, -0.2) is 13.8 Å². The molecule has 2 N–H and O–H groups in total. The third-order valence-electron chi connectivity index (χ3n) is 5.95. The molecule has 1 amide bonds. The zero-order chi connectivity index (χ0) is 28.9. The number of nitrogens with zero attached hydrogens (tertiary/aromatic N) is 5. The SMILES string of the molecule is CN(C)CCCOc1n[nH]c2nccc(Oc3ccc(NC(=O)c4ccnn(-c5ccc(F)cc5)c4=O)cc3F)c12. The number of nitrogens with one attached hydrogen (secondary N) is 2. The Morgan fingerprint density at radius 1 is 1.05 bits per heavy atom. The first-order valence-corrected chi connectivity index (χ1v) is 12.5. The number of ether oxygens (including phenoxy) is 2. The molecule has 2 aromatic carbocycles. The summed E-state index contributed by atoms with van der Waals surface area (Å²) in [6.07, 6.45) is 3.54. The second kappa shape index (κ2) is 11.9. The average molecular weight is 562 g/mol. The number of hydrogen-bond acceptors (Lipinski definition) is 8. The van der Waals surface area contributed by atoms with Crippen LogP contribution in [0, 0.1) is 11.6 Å². The smallest absolute Gasteiger partial charge is 0.284 e. The zero-order valence-electron chi connectivity index (χ0n) is 22.1. The molecule has 210 valence electrons. The van der Waals surface area contributed by atoms with Crippen LogP contribution in [0.2, 0.25) is 0 Å². The minimum atomic E-state index is -0.772. The Balaban J connectivity index is 1.32. The first kappa shape index (κ1) is 27.4. The number of pyridine rings is 1. The number of benzene rings is 2. The Kier molecular flexibility index (Phi) is 7.97. The predicted molar refractivity (Wildman–Crippen MR) is 147 cm³/mol. The summed E-state index contributed by atoms with van der Waals surface area (Å²) in [7, 11) is 3.94. The number of fused-ring (bicyclic) bond motifs is 1. The summed E-state index contributed by atoms with van der Waals surface area (Å²) in [6.45, 7) is 1.26. The van der Waals surface area contributed by atoms with E-state index in [0.29, 0.717) is 17.6 Å². The van der Waals surface area contributed by atoms with E-state index in [9.17, 15) is 14.0 Å². The van der Waals surface area contributed by atoms with Crippen molar-refractivity contribution >= 4 is 22.6 Å². The maximum absolute atomic E-state index is 15.1. The average Bonchev–Trinajstić information content (AvgIpc) is 3.37. The Morgan fingerprint density at radius 2 is 1.85 bits per heavy atom.